The van der Waals surface area contributed by atoms with Crippen LogP contribution in [0.25, 0.3) is 0 Å². The first-order valence-electron chi connectivity index (χ1n) is 4.88. The summed E-state index contributed by atoms with van der Waals surface area (Å²) < 4.78 is 9.12. The Morgan fingerprint density at radius 1 is 1.41 bits per heavy atom. The van der Waals surface area contributed by atoms with Crippen molar-refractivity contribution in [3.63, 3.8) is 0 Å². The number of carboxylic acid groups (broad SMARTS) is 1. The normalized spacial score (nSPS) is 13.6. The number of rotatable bonds is 7. The maximum atomic E-state index is 11.4. The molecule has 0 bridgehead atoms. The lowest BCUT2D eigenvalue weighted by Gasteiger charge is -2.16. The second-order valence-electron chi connectivity index (χ2n) is 3.08. The third-order valence-corrected chi connectivity index (χ3v) is 1.77. The predicted octanol–water partition coefficient (Wildman–Crippen LogP) is -1.91. The molecule has 98 valence electrons. The molecule has 0 radical (unpaired) electrons. The van der Waals surface area contributed by atoms with E-state index in [1.54, 1.807) is 6.92 Å². The molecule has 0 saturated heterocycles. The van der Waals surface area contributed by atoms with Crippen LogP contribution in [0.5, 0.6) is 0 Å². The van der Waals surface area contributed by atoms with Crippen LogP contribution in [0.4, 0.5) is 0 Å². The molecule has 17 heavy (non-hydrogen) atoms. The number of nitrogens with two attached hydrogens (primary N) is 1. The first-order valence-corrected chi connectivity index (χ1v) is 4.88. The van der Waals surface area contributed by atoms with Crippen LogP contribution in [0.3, 0.4) is 0 Å². The minimum Gasteiger partial charge on any atom is -0.480 e. The van der Waals surface area contributed by atoms with Crippen LogP contribution in [0.15, 0.2) is 0 Å². The largest absolute Gasteiger partial charge is 0.480 e. The van der Waals surface area contributed by atoms with E-state index in [0.717, 1.165) is 0 Å². The van der Waals surface area contributed by atoms with Gasteiger partial charge in [-0.1, -0.05) is 0 Å². The number of ether oxygens (including phenoxy) is 2. The average Bonchev–Trinajstić information content (AvgIpc) is 2.27. The summed E-state index contributed by atoms with van der Waals surface area (Å²) in [5.74, 6) is -3.12. The number of nitrogens with one attached hydrogen (secondary N) is 1. The minimum atomic E-state index is -1.55. The van der Waals surface area contributed by atoms with Gasteiger partial charge >= 0.3 is 11.9 Å². The topological polar surface area (TPSA) is 128 Å². The molecule has 0 heterocycles. The van der Waals surface area contributed by atoms with Crippen LogP contribution in [0.2, 0.25) is 0 Å². The van der Waals surface area contributed by atoms with E-state index < -0.39 is 29.9 Å². The molecule has 0 aromatic carbocycles. The summed E-state index contributed by atoms with van der Waals surface area (Å²) in [6, 6.07) is -2.80. The molecule has 0 aliphatic carbocycles. The molecule has 0 saturated carbocycles. The summed E-state index contributed by atoms with van der Waals surface area (Å²) in [6.45, 7) is 1.42. The monoisotopic (exact) mass is 248 g/mol. The van der Waals surface area contributed by atoms with Gasteiger partial charge in [0, 0.05) is 7.11 Å². The van der Waals surface area contributed by atoms with Gasteiger partial charge in [-0.25, -0.2) is 9.59 Å². The molecular formula is C9H16N2O6. The Morgan fingerprint density at radius 3 is 2.41 bits per heavy atom. The number of carboxylic acids is 1. The summed E-state index contributed by atoms with van der Waals surface area (Å²) in [7, 11) is 1.29. The van der Waals surface area contributed by atoms with Crippen molar-refractivity contribution in [3.8, 4) is 0 Å². The molecule has 2 atom stereocenters. The fourth-order valence-corrected chi connectivity index (χ4v) is 0.942. The van der Waals surface area contributed by atoms with E-state index in [2.05, 4.69) is 14.8 Å². The summed E-state index contributed by atoms with van der Waals surface area (Å²) in [6.07, 6.45) is 0. The molecule has 2 unspecified atom stereocenters. The Hall–Kier alpha value is -1.67. The Morgan fingerprint density at radius 2 is 2.00 bits per heavy atom. The van der Waals surface area contributed by atoms with E-state index in [4.69, 9.17) is 10.8 Å². The maximum Gasteiger partial charge on any atom is 0.332 e. The van der Waals surface area contributed by atoms with Crippen molar-refractivity contribution in [1.82, 2.24) is 5.32 Å². The van der Waals surface area contributed by atoms with E-state index in [-0.39, 0.29) is 13.2 Å². The fourth-order valence-electron chi connectivity index (χ4n) is 0.942. The van der Waals surface area contributed by atoms with Crippen LogP contribution in [0, 0.1) is 0 Å². The molecule has 8 nitrogen and oxygen atoms in total. The highest BCUT2D eigenvalue weighted by atomic mass is 16.5. The van der Waals surface area contributed by atoms with Crippen molar-refractivity contribution in [1.29, 1.82) is 0 Å². The van der Waals surface area contributed by atoms with E-state index in [0.29, 0.717) is 0 Å². The molecule has 0 spiro atoms. The van der Waals surface area contributed by atoms with Crippen LogP contribution < -0.4 is 11.1 Å². The van der Waals surface area contributed by atoms with Crippen molar-refractivity contribution in [2.75, 3.05) is 20.3 Å². The van der Waals surface area contributed by atoms with Crippen molar-refractivity contribution in [3.05, 3.63) is 0 Å². The number of esters is 1. The van der Waals surface area contributed by atoms with Gasteiger partial charge < -0.3 is 25.6 Å². The number of methoxy groups -OCH3 is 1. The van der Waals surface area contributed by atoms with Gasteiger partial charge in [0.2, 0.25) is 5.91 Å². The summed E-state index contributed by atoms with van der Waals surface area (Å²) in [4.78, 5) is 33.2. The molecule has 0 fully saturated rings. The van der Waals surface area contributed by atoms with Gasteiger partial charge in [0.05, 0.1) is 13.2 Å². The zero-order valence-electron chi connectivity index (χ0n) is 9.63. The first kappa shape index (κ1) is 15.3. The van der Waals surface area contributed by atoms with Crippen molar-refractivity contribution in [2.24, 2.45) is 5.73 Å². The molecule has 0 rings (SSSR count). The lowest BCUT2D eigenvalue weighted by Crippen LogP contribution is -2.53. The van der Waals surface area contributed by atoms with Gasteiger partial charge in [0.15, 0.2) is 12.1 Å². The van der Waals surface area contributed by atoms with Crippen LogP contribution in [-0.4, -0.2) is 55.4 Å². The number of carbonyl (C=O) groups is 3. The maximum absolute atomic E-state index is 11.4. The molecule has 1 amide bonds. The number of carbonyl (C=O) groups excluding carboxylic acids is 2. The lowest BCUT2D eigenvalue weighted by molar-refractivity contribution is -0.150. The molecule has 8 heteroatoms. The second kappa shape index (κ2) is 7.58. The SMILES string of the molecule is CCOC(=O)C(N)C(=O)NC(COC)C(=O)O. The second-order valence-corrected chi connectivity index (χ2v) is 3.08. The molecular weight excluding hydrogens is 232 g/mol. The van der Waals surface area contributed by atoms with Gasteiger partial charge in [-0.15, -0.1) is 0 Å². The lowest BCUT2D eigenvalue weighted by atomic mass is 10.2. The van der Waals surface area contributed by atoms with E-state index >= 15 is 0 Å². The zero-order valence-corrected chi connectivity index (χ0v) is 9.63. The molecule has 0 aliphatic heterocycles. The minimum absolute atomic E-state index is 0.0836. The van der Waals surface area contributed by atoms with Gasteiger partial charge in [-0.05, 0) is 6.92 Å². The molecule has 0 aliphatic rings. The smallest absolute Gasteiger partial charge is 0.332 e. The zero-order chi connectivity index (χ0) is 13.4. The van der Waals surface area contributed by atoms with Gasteiger partial charge in [0.1, 0.15) is 0 Å². The van der Waals surface area contributed by atoms with Crippen LogP contribution in [-0.2, 0) is 23.9 Å². The van der Waals surface area contributed by atoms with Crippen LogP contribution in [0.1, 0.15) is 6.92 Å². The van der Waals surface area contributed by atoms with E-state index in [1.165, 1.54) is 7.11 Å². The summed E-state index contributed by atoms with van der Waals surface area (Å²) in [5.41, 5.74) is 5.27. The Bertz CT molecular complexity index is 293. The highest BCUT2D eigenvalue weighted by molar-refractivity contribution is 6.02. The van der Waals surface area contributed by atoms with Gasteiger partial charge in [-0.3, -0.25) is 4.79 Å². The number of hydrogen-bond donors (Lipinski definition) is 3. The van der Waals surface area contributed by atoms with E-state index in [9.17, 15) is 14.4 Å². The van der Waals surface area contributed by atoms with Crippen molar-refractivity contribution in [2.45, 2.75) is 19.0 Å². The number of amides is 1. The first-order chi connectivity index (χ1) is 7.93. The fraction of sp³-hybridized carbons (Fsp3) is 0.667. The average molecular weight is 248 g/mol. The van der Waals surface area contributed by atoms with Crippen molar-refractivity contribution < 1.29 is 29.0 Å². The Labute approximate surface area is 98.1 Å². The highest BCUT2D eigenvalue weighted by Gasteiger charge is 2.28. The summed E-state index contributed by atoms with van der Waals surface area (Å²) in [5, 5.41) is 10.8. The van der Waals surface area contributed by atoms with Gasteiger partial charge in [-0.2, -0.15) is 0 Å². The standard InChI is InChI=1S/C9H16N2O6/c1-3-17-9(15)6(10)7(12)11-5(4-16-2)8(13)14/h5-6H,3-4,10H2,1-2H3,(H,11,12)(H,13,14). The van der Waals surface area contributed by atoms with E-state index in [1.807, 2.05) is 0 Å². The summed E-state index contributed by atoms with van der Waals surface area (Å²) >= 11 is 0. The van der Waals surface area contributed by atoms with Crippen molar-refractivity contribution >= 4 is 17.8 Å². The quantitative estimate of drug-likeness (QED) is 0.354. The molecule has 0 aromatic rings. The van der Waals surface area contributed by atoms with Crippen LogP contribution >= 0.6 is 0 Å². The van der Waals surface area contributed by atoms with Gasteiger partial charge in [0.25, 0.3) is 0 Å². The Balaban J connectivity index is 4.39. The third kappa shape index (κ3) is 5.27. The molecule has 4 N–H and O–H groups in total. The number of aliphatic carboxylic acids is 1. The number of hydrogen-bond acceptors (Lipinski definition) is 6. The third-order valence-electron chi connectivity index (χ3n) is 1.77. The highest BCUT2D eigenvalue weighted by Crippen LogP contribution is 1.91. The Kier molecular flexibility index (Phi) is 6.83. The molecule has 0 aromatic heterocycles. The predicted molar refractivity (Wildman–Crippen MR) is 56.1 cm³/mol.